The largest absolute Gasteiger partial charge is 0.361 e. The van der Waals surface area contributed by atoms with E-state index in [4.69, 9.17) is 4.98 Å². The third-order valence-electron chi connectivity index (χ3n) is 6.77. The van der Waals surface area contributed by atoms with E-state index < -0.39 is 10.0 Å². The monoisotopic (exact) mass is 528 g/mol. The number of rotatable bonds is 7. The molecule has 10 nitrogen and oxygen atoms in total. The van der Waals surface area contributed by atoms with Gasteiger partial charge in [-0.1, -0.05) is 42.0 Å². The van der Waals surface area contributed by atoms with E-state index in [9.17, 15) is 8.42 Å². The maximum atomic E-state index is 13.6. The molecule has 0 saturated heterocycles. The molecule has 0 aliphatic heterocycles. The van der Waals surface area contributed by atoms with E-state index in [0.717, 1.165) is 22.4 Å². The quantitative estimate of drug-likeness (QED) is 0.303. The first-order valence-electron chi connectivity index (χ1n) is 12.5. The Morgan fingerprint density at radius 3 is 2.61 bits per heavy atom. The van der Waals surface area contributed by atoms with Gasteiger partial charge in [0.25, 0.3) is 10.0 Å². The van der Waals surface area contributed by atoms with Crippen molar-refractivity contribution in [2.75, 3.05) is 10.6 Å². The average Bonchev–Trinajstić information content (AvgIpc) is 3.64. The lowest BCUT2D eigenvalue weighted by atomic mass is 10.1. The normalized spacial score (nSPS) is 15.2. The minimum Gasteiger partial charge on any atom is -0.361 e. The molecule has 11 heteroatoms. The van der Waals surface area contributed by atoms with Crippen LogP contribution in [0.4, 0.5) is 17.5 Å². The molecule has 1 aliphatic carbocycles. The number of nitrogens with one attached hydrogen (secondary N) is 2. The molecule has 0 radical (unpaired) electrons. The number of hydrogen-bond donors (Lipinski definition) is 2. The molecule has 0 unspecified atom stereocenters. The van der Waals surface area contributed by atoms with Gasteiger partial charge in [0.2, 0.25) is 5.95 Å². The number of anilines is 3. The molecule has 2 aromatic carbocycles. The van der Waals surface area contributed by atoms with Crippen LogP contribution in [0.1, 0.15) is 49.0 Å². The molecule has 5 aromatic rings. The van der Waals surface area contributed by atoms with Crippen molar-refractivity contribution in [1.82, 2.24) is 28.7 Å². The number of imidazole rings is 1. The zero-order valence-electron chi connectivity index (χ0n) is 21.3. The number of fused-ring (bicyclic) bond motifs is 2. The molecule has 0 amide bonds. The van der Waals surface area contributed by atoms with Gasteiger partial charge >= 0.3 is 0 Å². The first kappa shape index (κ1) is 24.1. The van der Waals surface area contributed by atoms with E-state index in [1.165, 1.54) is 17.5 Å². The van der Waals surface area contributed by atoms with E-state index in [2.05, 4.69) is 37.8 Å². The average molecular weight is 529 g/mol. The molecular formula is C27H28N8O2S. The first-order chi connectivity index (χ1) is 18.3. The highest BCUT2D eigenvalue weighted by Crippen LogP contribution is 2.35. The fourth-order valence-corrected chi connectivity index (χ4v) is 5.96. The van der Waals surface area contributed by atoms with E-state index in [-0.39, 0.29) is 28.6 Å². The van der Waals surface area contributed by atoms with E-state index >= 15 is 0 Å². The van der Waals surface area contributed by atoms with E-state index in [0.29, 0.717) is 17.0 Å². The molecule has 0 bridgehead atoms. The highest BCUT2D eigenvalue weighted by Gasteiger charge is 2.27. The lowest BCUT2D eigenvalue weighted by Crippen LogP contribution is -2.14. The third kappa shape index (κ3) is 4.28. The van der Waals surface area contributed by atoms with Gasteiger partial charge in [0.15, 0.2) is 17.0 Å². The molecule has 38 heavy (non-hydrogen) atoms. The Labute approximate surface area is 220 Å². The van der Waals surface area contributed by atoms with Crippen LogP contribution < -0.4 is 10.6 Å². The molecule has 0 fully saturated rings. The van der Waals surface area contributed by atoms with Gasteiger partial charge in [-0.25, -0.2) is 17.4 Å². The molecule has 0 saturated carbocycles. The highest BCUT2D eigenvalue weighted by molar-refractivity contribution is 7.90. The van der Waals surface area contributed by atoms with Gasteiger partial charge in [-0.2, -0.15) is 15.1 Å². The standard InChI is InChI=1S/C27H28N8O2S/c1-17(2)34-15-20(14-29-34)30-27-32-25(31-23-13-10-19-6-4-5-7-22(19)23)24-26(33-27)35(16-28-24)38(36,37)21-11-8-18(3)9-12-21/h4-9,11-12,14-17,23H,10,13H2,1-3H3,(H2,30,31,32,33)/t23-/m0/s1. The molecule has 1 atom stereocenters. The van der Waals surface area contributed by atoms with Gasteiger partial charge in [-0.3, -0.25) is 4.68 Å². The Morgan fingerprint density at radius 1 is 1.05 bits per heavy atom. The zero-order valence-corrected chi connectivity index (χ0v) is 22.1. The second-order valence-corrected chi connectivity index (χ2v) is 11.6. The maximum Gasteiger partial charge on any atom is 0.270 e. The van der Waals surface area contributed by atoms with Crippen molar-refractivity contribution in [1.29, 1.82) is 0 Å². The molecule has 194 valence electrons. The fourth-order valence-electron chi connectivity index (χ4n) is 4.72. The van der Waals surface area contributed by atoms with Crippen LogP contribution in [0.5, 0.6) is 0 Å². The molecule has 1 aliphatic rings. The molecule has 3 aromatic heterocycles. The molecule has 3 heterocycles. The number of nitrogens with zero attached hydrogens (tertiary/aromatic N) is 6. The Morgan fingerprint density at radius 2 is 1.84 bits per heavy atom. The minimum absolute atomic E-state index is 0.0275. The second-order valence-electron chi connectivity index (χ2n) is 9.79. The summed E-state index contributed by atoms with van der Waals surface area (Å²) in [6.45, 7) is 5.99. The predicted octanol–water partition coefficient (Wildman–Crippen LogP) is 4.99. The van der Waals surface area contributed by atoms with Crippen LogP contribution in [0.25, 0.3) is 11.2 Å². The van der Waals surface area contributed by atoms with E-state index in [1.54, 1.807) is 30.5 Å². The number of aromatic nitrogens is 6. The van der Waals surface area contributed by atoms with Crippen molar-refractivity contribution in [3.63, 3.8) is 0 Å². The lowest BCUT2D eigenvalue weighted by molar-refractivity contribution is 0.532. The second kappa shape index (κ2) is 9.25. The summed E-state index contributed by atoms with van der Waals surface area (Å²) in [5.41, 5.74) is 4.74. The van der Waals surface area contributed by atoms with Crippen LogP contribution in [0.15, 0.2) is 72.1 Å². The van der Waals surface area contributed by atoms with Crippen LogP contribution in [0.2, 0.25) is 0 Å². The van der Waals surface area contributed by atoms with Crippen molar-refractivity contribution < 1.29 is 8.42 Å². The highest BCUT2D eigenvalue weighted by atomic mass is 32.2. The van der Waals surface area contributed by atoms with Gasteiger partial charge < -0.3 is 10.6 Å². The van der Waals surface area contributed by atoms with Gasteiger partial charge in [0.05, 0.1) is 22.8 Å². The third-order valence-corrected chi connectivity index (χ3v) is 8.43. The summed E-state index contributed by atoms with van der Waals surface area (Å²) in [6, 6.07) is 15.2. The van der Waals surface area contributed by atoms with E-state index in [1.807, 2.05) is 43.8 Å². The SMILES string of the molecule is Cc1ccc(S(=O)(=O)n2cnc3c(N[C@H]4CCc5ccccc54)nc(Nc4cnn(C(C)C)c4)nc32)cc1. The zero-order chi connectivity index (χ0) is 26.4. The molecule has 2 N–H and O–H groups in total. The Bertz CT molecular complexity index is 1740. The van der Waals surface area contributed by atoms with Gasteiger partial charge in [0.1, 0.15) is 6.33 Å². The smallest absolute Gasteiger partial charge is 0.270 e. The first-order valence-corrected chi connectivity index (χ1v) is 14.0. The van der Waals surface area contributed by atoms with Gasteiger partial charge in [-0.05, 0) is 56.9 Å². The maximum absolute atomic E-state index is 13.6. The van der Waals surface area contributed by atoms with Crippen LogP contribution in [0.3, 0.4) is 0 Å². The molecule has 6 rings (SSSR count). The summed E-state index contributed by atoms with van der Waals surface area (Å²) in [5.74, 6) is 0.712. The van der Waals surface area contributed by atoms with Crippen molar-refractivity contribution in [2.24, 2.45) is 0 Å². The summed E-state index contributed by atoms with van der Waals surface area (Å²) in [4.78, 5) is 13.9. The number of hydrogen-bond acceptors (Lipinski definition) is 8. The Balaban J connectivity index is 1.45. The van der Waals surface area contributed by atoms with Crippen molar-refractivity contribution in [2.45, 2.75) is 50.6 Å². The summed E-state index contributed by atoms with van der Waals surface area (Å²) >= 11 is 0. The lowest BCUT2D eigenvalue weighted by Gasteiger charge is -2.16. The van der Waals surface area contributed by atoms with Crippen LogP contribution in [-0.4, -0.2) is 37.1 Å². The Hall–Kier alpha value is -4.25. The predicted molar refractivity (Wildman–Crippen MR) is 146 cm³/mol. The Kier molecular flexibility index (Phi) is 5.87. The summed E-state index contributed by atoms with van der Waals surface area (Å²) in [5, 5.41) is 11.1. The van der Waals surface area contributed by atoms with Gasteiger partial charge in [-0.15, -0.1) is 0 Å². The van der Waals surface area contributed by atoms with Gasteiger partial charge in [0, 0.05) is 12.2 Å². The molecule has 0 spiro atoms. The van der Waals surface area contributed by atoms with Crippen molar-refractivity contribution in [3.8, 4) is 0 Å². The fraction of sp³-hybridized carbons (Fsp3) is 0.259. The topological polar surface area (TPSA) is 120 Å². The summed E-state index contributed by atoms with van der Waals surface area (Å²) in [6.07, 6.45) is 6.70. The molecular weight excluding hydrogens is 500 g/mol. The van der Waals surface area contributed by atoms with Crippen LogP contribution >= 0.6 is 0 Å². The summed E-state index contributed by atoms with van der Waals surface area (Å²) < 4.78 is 30.1. The number of benzene rings is 2. The summed E-state index contributed by atoms with van der Waals surface area (Å²) in [7, 11) is -3.94. The number of aryl methyl sites for hydroxylation is 2. The van der Waals surface area contributed by atoms with Crippen molar-refractivity contribution >= 4 is 38.6 Å². The van der Waals surface area contributed by atoms with Crippen molar-refractivity contribution in [3.05, 3.63) is 83.9 Å². The minimum atomic E-state index is -3.94. The van der Waals surface area contributed by atoms with Crippen LogP contribution in [0, 0.1) is 6.92 Å². The van der Waals surface area contributed by atoms with Crippen LogP contribution in [-0.2, 0) is 16.4 Å².